The van der Waals surface area contributed by atoms with Crippen LogP contribution in [0.25, 0.3) is 0 Å². The van der Waals surface area contributed by atoms with Gasteiger partial charge in [0.2, 0.25) is 0 Å². The van der Waals surface area contributed by atoms with Crippen LogP contribution in [0.15, 0.2) is 42.9 Å². The number of likely N-dealkylation sites (tertiary alicyclic amines) is 1. The van der Waals surface area contributed by atoms with Gasteiger partial charge >= 0.3 is 5.97 Å². The smallest absolute Gasteiger partial charge is 0.308 e. The highest BCUT2D eigenvalue weighted by Gasteiger charge is 2.26. The summed E-state index contributed by atoms with van der Waals surface area (Å²) in [5.74, 6) is 0.587. The van der Waals surface area contributed by atoms with Crippen LogP contribution in [0.4, 0.5) is 0 Å². The number of β-amino-alcohol motifs (C(OH)–C–C–N with tert-alkyl or cyclic N) is 1. The van der Waals surface area contributed by atoms with E-state index in [1.807, 2.05) is 31.3 Å². The number of rotatable bonds is 10. The summed E-state index contributed by atoms with van der Waals surface area (Å²) in [6.45, 7) is 3.87. The van der Waals surface area contributed by atoms with Gasteiger partial charge in [0.15, 0.2) is 0 Å². The minimum absolute atomic E-state index is 0.0205. The minimum atomic E-state index is -0.576. The van der Waals surface area contributed by atoms with Gasteiger partial charge in [-0.25, -0.2) is 0 Å². The molecule has 3 rings (SSSR count). The van der Waals surface area contributed by atoms with Crippen LogP contribution in [-0.2, 0) is 22.6 Å². The highest BCUT2D eigenvalue weighted by molar-refractivity contribution is 5.72. The van der Waals surface area contributed by atoms with E-state index >= 15 is 0 Å². The van der Waals surface area contributed by atoms with Crippen LogP contribution in [0.3, 0.4) is 0 Å². The Morgan fingerprint density at radius 2 is 1.97 bits per heavy atom. The summed E-state index contributed by atoms with van der Waals surface area (Å²) in [4.78, 5) is 24.3. The summed E-state index contributed by atoms with van der Waals surface area (Å²) in [6.07, 6.45) is 6.12. The van der Waals surface area contributed by atoms with E-state index < -0.39 is 6.10 Å². The van der Waals surface area contributed by atoms with Crippen molar-refractivity contribution in [2.75, 3.05) is 40.4 Å². The normalized spacial score (nSPS) is 16.3. The van der Waals surface area contributed by atoms with Crippen molar-refractivity contribution in [1.29, 1.82) is 0 Å². The molecule has 1 atom stereocenters. The Hall–Kier alpha value is -2.55. The van der Waals surface area contributed by atoms with Crippen molar-refractivity contribution in [2.45, 2.75) is 32.0 Å². The Kier molecular flexibility index (Phi) is 8.75. The van der Waals surface area contributed by atoms with Crippen molar-refractivity contribution < 1.29 is 19.4 Å². The van der Waals surface area contributed by atoms with Gasteiger partial charge in [-0.3, -0.25) is 19.7 Å². The van der Waals surface area contributed by atoms with E-state index in [1.54, 1.807) is 18.6 Å². The first-order valence-electron chi connectivity index (χ1n) is 10.7. The minimum Gasteiger partial charge on any atom is -0.491 e. The van der Waals surface area contributed by atoms with Gasteiger partial charge in [-0.1, -0.05) is 12.1 Å². The molecule has 0 unspecified atom stereocenters. The molecule has 1 aliphatic heterocycles. The maximum atomic E-state index is 11.6. The number of piperidine rings is 1. The van der Waals surface area contributed by atoms with Crippen molar-refractivity contribution in [2.24, 2.45) is 5.92 Å². The van der Waals surface area contributed by atoms with E-state index in [0.29, 0.717) is 6.54 Å². The predicted octanol–water partition coefficient (Wildman–Crippen LogP) is 1.73. The quantitative estimate of drug-likeness (QED) is 0.573. The number of aliphatic hydroxyl groups excluding tert-OH is 1. The lowest BCUT2D eigenvalue weighted by Crippen LogP contribution is -2.42. The van der Waals surface area contributed by atoms with Gasteiger partial charge in [0, 0.05) is 38.2 Å². The third-order valence-corrected chi connectivity index (χ3v) is 5.46. The molecule has 0 radical (unpaired) electrons. The Morgan fingerprint density at radius 1 is 1.23 bits per heavy atom. The Bertz CT molecular complexity index is 795. The van der Waals surface area contributed by atoms with Gasteiger partial charge in [-0.05, 0) is 50.7 Å². The molecule has 8 nitrogen and oxygen atoms in total. The number of hydrogen-bond acceptors (Lipinski definition) is 8. The van der Waals surface area contributed by atoms with Crippen molar-refractivity contribution >= 4 is 5.97 Å². The van der Waals surface area contributed by atoms with Crippen molar-refractivity contribution in [3.8, 4) is 5.75 Å². The maximum absolute atomic E-state index is 11.6. The van der Waals surface area contributed by atoms with E-state index in [1.165, 1.54) is 12.7 Å². The summed E-state index contributed by atoms with van der Waals surface area (Å²) in [7, 11) is 3.48. The second-order valence-electron chi connectivity index (χ2n) is 8.08. The molecule has 1 N–H and O–H groups in total. The molecule has 168 valence electrons. The van der Waals surface area contributed by atoms with Crippen LogP contribution in [0.1, 0.15) is 24.1 Å². The monoisotopic (exact) mass is 428 g/mol. The standard InChI is InChI=1S/C23H32N4O4/c1-26(15-20-13-24-9-10-25-20)14-18-3-5-22(6-4-18)31-17-21(28)16-27-11-7-19(8-12-27)23(29)30-2/h3-6,9-10,13,19,21,28H,7-8,11-12,14-17H2,1-2H3/t21-/m1/s1. The molecular formula is C23H32N4O4. The van der Waals surface area contributed by atoms with Gasteiger partial charge in [0.1, 0.15) is 18.5 Å². The van der Waals surface area contributed by atoms with Gasteiger partial charge in [-0.2, -0.15) is 0 Å². The lowest BCUT2D eigenvalue weighted by molar-refractivity contribution is -0.147. The van der Waals surface area contributed by atoms with Crippen LogP contribution in [0.5, 0.6) is 5.75 Å². The van der Waals surface area contributed by atoms with Crippen molar-refractivity contribution in [3.05, 3.63) is 54.1 Å². The summed E-state index contributed by atoms with van der Waals surface area (Å²) in [5, 5.41) is 10.3. The zero-order chi connectivity index (χ0) is 22.1. The molecule has 0 bridgehead atoms. The average Bonchev–Trinajstić information content (AvgIpc) is 2.79. The Balaban J connectivity index is 1.36. The number of hydrogen-bond donors (Lipinski definition) is 1. The SMILES string of the molecule is COC(=O)C1CCN(C[C@@H](O)COc2ccc(CN(C)Cc3cnccn3)cc2)CC1. The van der Waals surface area contributed by atoms with E-state index in [-0.39, 0.29) is 18.5 Å². The number of benzene rings is 1. The van der Waals surface area contributed by atoms with Crippen molar-refractivity contribution in [3.63, 3.8) is 0 Å². The maximum Gasteiger partial charge on any atom is 0.308 e. The molecule has 1 aromatic heterocycles. The van der Waals surface area contributed by atoms with Crippen LogP contribution in [-0.4, -0.2) is 77.3 Å². The molecule has 0 spiro atoms. The van der Waals surface area contributed by atoms with Crippen LogP contribution in [0.2, 0.25) is 0 Å². The van der Waals surface area contributed by atoms with Crippen molar-refractivity contribution in [1.82, 2.24) is 19.8 Å². The number of ether oxygens (including phenoxy) is 2. The van der Waals surface area contributed by atoms with Crippen LogP contribution in [0, 0.1) is 5.92 Å². The van der Waals surface area contributed by atoms with Gasteiger partial charge < -0.3 is 19.5 Å². The Morgan fingerprint density at radius 3 is 2.61 bits per heavy atom. The van der Waals surface area contributed by atoms with E-state index in [2.05, 4.69) is 19.8 Å². The highest BCUT2D eigenvalue weighted by Crippen LogP contribution is 2.19. The molecule has 1 aliphatic rings. The highest BCUT2D eigenvalue weighted by atomic mass is 16.5. The number of carbonyl (C=O) groups excluding carboxylic acids is 1. The molecule has 1 saturated heterocycles. The number of nitrogens with zero attached hydrogens (tertiary/aromatic N) is 4. The van der Waals surface area contributed by atoms with E-state index in [4.69, 9.17) is 9.47 Å². The summed E-state index contributed by atoms with van der Waals surface area (Å²) < 4.78 is 10.6. The molecule has 0 amide bonds. The first kappa shape index (κ1) is 23.1. The first-order chi connectivity index (χ1) is 15.0. The predicted molar refractivity (Wildman–Crippen MR) is 116 cm³/mol. The lowest BCUT2D eigenvalue weighted by atomic mass is 9.97. The van der Waals surface area contributed by atoms with Crippen LogP contribution >= 0.6 is 0 Å². The zero-order valence-corrected chi connectivity index (χ0v) is 18.3. The average molecular weight is 429 g/mol. The third-order valence-electron chi connectivity index (χ3n) is 5.46. The fraction of sp³-hybridized carbons (Fsp3) is 0.522. The molecule has 2 aromatic rings. The topological polar surface area (TPSA) is 88.0 Å². The Labute approximate surface area is 183 Å². The third kappa shape index (κ3) is 7.57. The van der Waals surface area contributed by atoms with Crippen LogP contribution < -0.4 is 4.74 Å². The fourth-order valence-corrected chi connectivity index (χ4v) is 3.81. The summed E-state index contributed by atoms with van der Waals surface area (Å²) in [6, 6.07) is 7.93. The van der Waals surface area contributed by atoms with E-state index in [9.17, 15) is 9.90 Å². The lowest BCUT2D eigenvalue weighted by Gasteiger charge is -2.31. The number of aromatic nitrogens is 2. The number of methoxy groups -OCH3 is 1. The van der Waals surface area contributed by atoms with Gasteiger partial charge in [0.25, 0.3) is 0 Å². The molecule has 2 heterocycles. The molecule has 31 heavy (non-hydrogen) atoms. The molecule has 1 aromatic carbocycles. The van der Waals surface area contributed by atoms with Gasteiger partial charge in [0.05, 0.1) is 18.7 Å². The number of esters is 1. The fourth-order valence-electron chi connectivity index (χ4n) is 3.81. The summed E-state index contributed by atoms with van der Waals surface area (Å²) >= 11 is 0. The number of aliphatic hydroxyl groups is 1. The van der Waals surface area contributed by atoms with Gasteiger partial charge in [-0.15, -0.1) is 0 Å². The summed E-state index contributed by atoms with van der Waals surface area (Å²) in [5.41, 5.74) is 2.11. The van der Waals surface area contributed by atoms with E-state index in [0.717, 1.165) is 50.5 Å². The molecular weight excluding hydrogens is 396 g/mol. The number of carbonyl (C=O) groups is 1. The zero-order valence-electron chi connectivity index (χ0n) is 18.3. The second-order valence-corrected chi connectivity index (χ2v) is 8.08. The molecule has 1 fully saturated rings. The largest absolute Gasteiger partial charge is 0.491 e. The molecule has 8 heteroatoms. The first-order valence-corrected chi connectivity index (χ1v) is 10.7. The second kappa shape index (κ2) is 11.7. The molecule has 0 saturated carbocycles. The molecule has 0 aliphatic carbocycles.